The average molecular weight is 499 g/mol. The van der Waals surface area contributed by atoms with Crippen molar-refractivity contribution in [2.75, 3.05) is 0 Å². The fourth-order valence-electron chi connectivity index (χ4n) is 3.68. The fourth-order valence-corrected chi connectivity index (χ4v) is 3.88. The molecule has 0 spiro atoms. The molecule has 0 aliphatic heterocycles. The number of ketones is 1. The van der Waals surface area contributed by atoms with E-state index < -0.39 is 35.6 Å². The Bertz CT molecular complexity index is 1230. The number of halogens is 1. The molecule has 0 radical (unpaired) electrons. The van der Waals surface area contributed by atoms with Gasteiger partial charge >= 0.3 is 0 Å². The minimum absolute atomic E-state index is 0.0867. The van der Waals surface area contributed by atoms with E-state index in [-0.39, 0.29) is 35.0 Å². The molecule has 2 heterocycles. The standard InChI is InChI=1S/C25H27ClN4O5/c1-13(2)21(22(32)20-14(3)23(33)30-25(20)35)29-19(31)12-18(15-7-6-8-16(26)11-15)28-24(34)17-9-4-5-10-27-17/h4-11,13,18,21,30,33,35H,12H2,1-3H3,(H,28,34)(H,29,31)/t18?,21-/m0/s1. The van der Waals surface area contributed by atoms with E-state index in [9.17, 15) is 24.6 Å². The lowest BCUT2D eigenvalue weighted by molar-refractivity contribution is -0.122. The van der Waals surface area contributed by atoms with E-state index in [1.807, 2.05) is 0 Å². The first-order valence-electron chi connectivity index (χ1n) is 11.0. The van der Waals surface area contributed by atoms with Crippen LogP contribution < -0.4 is 10.6 Å². The molecule has 2 aromatic heterocycles. The Kier molecular flexibility index (Phi) is 8.14. The second-order valence-electron chi connectivity index (χ2n) is 8.48. The second kappa shape index (κ2) is 11.1. The second-order valence-corrected chi connectivity index (χ2v) is 8.91. The van der Waals surface area contributed by atoms with Crippen LogP contribution >= 0.6 is 11.6 Å². The van der Waals surface area contributed by atoms with Crippen molar-refractivity contribution < 1.29 is 24.6 Å². The Balaban J connectivity index is 1.82. The van der Waals surface area contributed by atoms with Crippen LogP contribution in [0.2, 0.25) is 5.02 Å². The van der Waals surface area contributed by atoms with Gasteiger partial charge in [0.1, 0.15) is 5.69 Å². The van der Waals surface area contributed by atoms with E-state index in [2.05, 4.69) is 20.6 Å². The molecular weight excluding hydrogens is 472 g/mol. The van der Waals surface area contributed by atoms with Crippen molar-refractivity contribution in [1.29, 1.82) is 0 Å². The number of carbonyl (C=O) groups is 3. The third-order valence-corrected chi connectivity index (χ3v) is 5.79. The lowest BCUT2D eigenvalue weighted by Crippen LogP contribution is -2.45. The molecule has 3 rings (SSSR count). The first-order chi connectivity index (χ1) is 16.6. The van der Waals surface area contributed by atoms with Gasteiger partial charge in [-0.3, -0.25) is 24.4 Å². The van der Waals surface area contributed by atoms with Gasteiger partial charge in [-0.15, -0.1) is 0 Å². The molecule has 2 atom stereocenters. The van der Waals surface area contributed by atoms with Gasteiger partial charge in [0.25, 0.3) is 5.91 Å². The lowest BCUT2D eigenvalue weighted by atomic mass is 9.93. The molecule has 0 fully saturated rings. The summed E-state index contributed by atoms with van der Waals surface area (Å²) in [5, 5.41) is 25.8. The number of aromatic hydroxyl groups is 2. The topological polar surface area (TPSA) is 144 Å². The van der Waals surface area contributed by atoms with Crippen molar-refractivity contribution in [3.05, 3.63) is 76.1 Å². The van der Waals surface area contributed by atoms with Gasteiger partial charge in [-0.05, 0) is 42.7 Å². The van der Waals surface area contributed by atoms with Crippen molar-refractivity contribution >= 4 is 29.2 Å². The number of pyridine rings is 1. The summed E-state index contributed by atoms with van der Waals surface area (Å²) in [5.41, 5.74) is 0.893. The maximum Gasteiger partial charge on any atom is 0.270 e. The number of Topliss-reactive ketones (excluding diaryl/α,β-unsaturated/α-hetero) is 1. The first kappa shape index (κ1) is 25.8. The highest BCUT2D eigenvalue weighted by molar-refractivity contribution is 6.30. The molecule has 3 aromatic rings. The van der Waals surface area contributed by atoms with Crippen LogP contribution in [0.25, 0.3) is 0 Å². The van der Waals surface area contributed by atoms with Gasteiger partial charge in [-0.25, -0.2) is 0 Å². The smallest absolute Gasteiger partial charge is 0.270 e. The minimum Gasteiger partial charge on any atom is -0.494 e. The van der Waals surface area contributed by atoms with Gasteiger partial charge in [0, 0.05) is 16.8 Å². The number of nitrogens with one attached hydrogen (secondary N) is 3. The molecular formula is C25H27ClN4O5. The molecule has 184 valence electrons. The molecule has 35 heavy (non-hydrogen) atoms. The minimum atomic E-state index is -0.978. The zero-order chi connectivity index (χ0) is 25.7. The summed E-state index contributed by atoms with van der Waals surface area (Å²) >= 11 is 6.13. The zero-order valence-corrected chi connectivity index (χ0v) is 20.3. The normalized spacial score (nSPS) is 12.7. The average Bonchev–Trinajstić information content (AvgIpc) is 3.07. The highest BCUT2D eigenvalue weighted by Gasteiger charge is 2.31. The van der Waals surface area contributed by atoms with Crippen molar-refractivity contribution in [2.24, 2.45) is 5.92 Å². The number of aromatic amines is 1. The summed E-state index contributed by atoms with van der Waals surface area (Å²) in [6.45, 7) is 4.98. The first-order valence-corrected chi connectivity index (χ1v) is 11.4. The number of hydrogen-bond acceptors (Lipinski definition) is 6. The summed E-state index contributed by atoms with van der Waals surface area (Å²) < 4.78 is 0. The van der Waals surface area contributed by atoms with E-state index in [4.69, 9.17) is 11.6 Å². The largest absolute Gasteiger partial charge is 0.494 e. The quantitative estimate of drug-likeness (QED) is 0.285. The number of amides is 2. The van der Waals surface area contributed by atoms with E-state index in [0.717, 1.165) is 0 Å². The molecule has 9 nitrogen and oxygen atoms in total. The van der Waals surface area contributed by atoms with Gasteiger partial charge < -0.3 is 20.8 Å². The molecule has 0 saturated carbocycles. The van der Waals surface area contributed by atoms with Gasteiger partial charge in [-0.2, -0.15) is 0 Å². The summed E-state index contributed by atoms with van der Waals surface area (Å²) in [4.78, 5) is 45.3. The van der Waals surface area contributed by atoms with Crippen LogP contribution in [-0.2, 0) is 4.79 Å². The van der Waals surface area contributed by atoms with E-state index in [0.29, 0.717) is 10.6 Å². The number of nitrogens with zero attached hydrogens (tertiary/aromatic N) is 1. The Morgan fingerprint density at radius 1 is 1.06 bits per heavy atom. The van der Waals surface area contributed by atoms with Crippen LogP contribution in [0.1, 0.15) is 58.3 Å². The summed E-state index contributed by atoms with van der Waals surface area (Å²) in [5.74, 6) is -2.63. The zero-order valence-electron chi connectivity index (χ0n) is 19.5. The highest BCUT2D eigenvalue weighted by Crippen LogP contribution is 2.30. The Morgan fingerprint density at radius 2 is 1.80 bits per heavy atom. The molecule has 0 saturated heterocycles. The van der Waals surface area contributed by atoms with Gasteiger partial charge in [-0.1, -0.05) is 43.6 Å². The number of benzene rings is 1. The third-order valence-electron chi connectivity index (χ3n) is 5.56. The van der Waals surface area contributed by atoms with Crippen LogP contribution in [0.4, 0.5) is 0 Å². The van der Waals surface area contributed by atoms with Crippen molar-refractivity contribution in [3.63, 3.8) is 0 Å². The van der Waals surface area contributed by atoms with Crippen LogP contribution in [0.3, 0.4) is 0 Å². The maximum atomic E-state index is 13.1. The third kappa shape index (κ3) is 6.19. The van der Waals surface area contributed by atoms with Crippen LogP contribution in [0.5, 0.6) is 11.8 Å². The van der Waals surface area contributed by atoms with Gasteiger partial charge in [0.2, 0.25) is 11.8 Å². The van der Waals surface area contributed by atoms with Gasteiger partial charge in [0.15, 0.2) is 11.7 Å². The summed E-state index contributed by atoms with van der Waals surface area (Å²) in [6.07, 6.45) is 1.31. The molecule has 1 aromatic carbocycles. The number of H-pyrrole nitrogens is 1. The maximum absolute atomic E-state index is 13.1. The molecule has 0 aliphatic carbocycles. The van der Waals surface area contributed by atoms with Gasteiger partial charge in [0.05, 0.1) is 24.1 Å². The fraction of sp³-hybridized carbons (Fsp3) is 0.280. The Labute approximate surface area is 207 Å². The molecule has 2 amide bonds. The van der Waals surface area contributed by atoms with Crippen molar-refractivity contribution in [1.82, 2.24) is 20.6 Å². The summed E-state index contributed by atoms with van der Waals surface area (Å²) in [7, 11) is 0. The number of carbonyl (C=O) groups excluding carboxylic acids is 3. The molecule has 5 N–H and O–H groups in total. The predicted molar refractivity (Wildman–Crippen MR) is 130 cm³/mol. The highest BCUT2D eigenvalue weighted by atomic mass is 35.5. The number of hydrogen-bond donors (Lipinski definition) is 5. The van der Waals surface area contributed by atoms with Crippen molar-refractivity contribution in [3.8, 4) is 11.8 Å². The number of aromatic nitrogens is 2. The van der Waals surface area contributed by atoms with Crippen molar-refractivity contribution in [2.45, 2.75) is 39.3 Å². The molecule has 1 unspecified atom stereocenters. The number of rotatable bonds is 9. The Morgan fingerprint density at radius 3 is 2.37 bits per heavy atom. The molecule has 0 aliphatic rings. The van der Waals surface area contributed by atoms with E-state index >= 15 is 0 Å². The van der Waals surface area contributed by atoms with E-state index in [1.165, 1.54) is 13.1 Å². The monoisotopic (exact) mass is 498 g/mol. The Hall–Kier alpha value is -3.85. The van der Waals surface area contributed by atoms with Crippen LogP contribution in [0, 0.1) is 12.8 Å². The molecule has 10 heteroatoms. The summed E-state index contributed by atoms with van der Waals surface area (Å²) in [6, 6.07) is 9.95. The van der Waals surface area contributed by atoms with E-state index in [1.54, 1.807) is 56.3 Å². The SMILES string of the molecule is Cc1c(O)[nH]c(O)c1C(=O)[C@@H](NC(=O)CC(NC(=O)c1ccccn1)c1cccc(Cl)c1)C(C)C. The molecule has 0 bridgehead atoms. The van der Waals surface area contributed by atoms with Crippen LogP contribution in [0.15, 0.2) is 48.7 Å². The lowest BCUT2D eigenvalue weighted by Gasteiger charge is -2.24. The predicted octanol–water partition coefficient (Wildman–Crippen LogP) is 3.67. The van der Waals surface area contributed by atoms with Crippen LogP contribution in [-0.4, -0.2) is 43.8 Å².